The minimum absolute atomic E-state index is 0.0521. The molecule has 2 rings (SSSR count). The topological polar surface area (TPSA) is 41.9 Å². The Morgan fingerprint density at radius 3 is 2.79 bits per heavy atom. The molecular weight excluding hydrogens is 242 g/mol. The van der Waals surface area contributed by atoms with Crippen molar-refractivity contribution in [3.05, 3.63) is 29.8 Å². The first-order valence-electron chi connectivity index (χ1n) is 6.91. The van der Waals surface area contributed by atoms with Crippen molar-refractivity contribution >= 4 is 0 Å². The van der Waals surface area contributed by atoms with Crippen molar-refractivity contribution in [3.8, 4) is 5.75 Å². The molecule has 0 bridgehead atoms. The third kappa shape index (κ3) is 3.08. The first-order valence-corrected chi connectivity index (χ1v) is 6.91. The lowest BCUT2D eigenvalue weighted by Crippen LogP contribution is -2.32. The number of nitrogens with zero attached hydrogens (tertiary/aromatic N) is 1. The second-order valence-corrected chi connectivity index (χ2v) is 5.05. The maximum absolute atomic E-state index is 9.32. The van der Waals surface area contributed by atoms with Gasteiger partial charge in [0.2, 0.25) is 0 Å². The summed E-state index contributed by atoms with van der Waals surface area (Å²) >= 11 is 0. The molecule has 1 aromatic rings. The fourth-order valence-corrected chi connectivity index (χ4v) is 2.44. The number of aliphatic hydroxyl groups is 1. The second kappa shape index (κ2) is 6.37. The fourth-order valence-electron chi connectivity index (χ4n) is 2.44. The molecule has 0 amide bonds. The Kier molecular flexibility index (Phi) is 4.80. The number of rotatable bonds is 5. The highest BCUT2D eigenvalue weighted by Gasteiger charge is 2.36. The van der Waals surface area contributed by atoms with Gasteiger partial charge >= 0.3 is 0 Å². The molecule has 19 heavy (non-hydrogen) atoms. The molecule has 4 nitrogen and oxygen atoms in total. The van der Waals surface area contributed by atoms with Gasteiger partial charge in [-0.3, -0.25) is 4.90 Å². The smallest absolute Gasteiger partial charge is 0.141 e. The Morgan fingerprint density at radius 2 is 2.16 bits per heavy atom. The van der Waals surface area contributed by atoms with Crippen LogP contribution in [0.5, 0.6) is 5.75 Å². The highest BCUT2D eigenvalue weighted by atomic mass is 16.5. The summed E-state index contributed by atoms with van der Waals surface area (Å²) in [6, 6.07) is 8.31. The zero-order valence-corrected chi connectivity index (χ0v) is 11.9. The standard InChI is InChI=1S/C15H23NO3/c1-4-18-14-8-6-5-7-13(14)15-16(11(2)3)9-12(10-17)19-15/h5-8,11-12,15,17H,4,9-10H2,1-3H3. The quantitative estimate of drug-likeness (QED) is 0.886. The molecule has 1 aliphatic rings. The van der Waals surface area contributed by atoms with Gasteiger partial charge < -0.3 is 14.6 Å². The first-order chi connectivity index (χ1) is 9.17. The van der Waals surface area contributed by atoms with E-state index in [4.69, 9.17) is 9.47 Å². The largest absolute Gasteiger partial charge is 0.493 e. The molecule has 0 aromatic heterocycles. The molecule has 0 aliphatic carbocycles. The van der Waals surface area contributed by atoms with E-state index in [1.54, 1.807) is 0 Å². The van der Waals surface area contributed by atoms with E-state index in [0.717, 1.165) is 17.9 Å². The summed E-state index contributed by atoms with van der Waals surface area (Å²) in [5, 5.41) is 9.32. The lowest BCUT2D eigenvalue weighted by molar-refractivity contribution is -0.0279. The Bertz CT molecular complexity index is 408. The maximum atomic E-state index is 9.32. The lowest BCUT2D eigenvalue weighted by atomic mass is 10.1. The molecule has 0 radical (unpaired) electrons. The van der Waals surface area contributed by atoms with Crippen LogP contribution >= 0.6 is 0 Å². The molecule has 0 spiro atoms. The van der Waals surface area contributed by atoms with Crippen LogP contribution < -0.4 is 4.74 Å². The van der Waals surface area contributed by atoms with Crippen LogP contribution in [0, 0.1) is 0 Å². The summed E-state index contributed by atoms with van der Waals surface area (Å²) in [6.45, 7) is 7.69. The molecule has 1 N–H and O–H groups in total. The Morgan fingerprint density at radius 1 is 1.42 bits per heavy atom. The number of hydrogen-bond acceptors (Lipinski definition) is 4. The van der Waals surface area contributed by atoms with Gasteiger partial charge in [0.25, 0.3) is 0 Å². The first kappa shape index (κ1) is 14.3. The van der Waals surface area contributed by atoms with Crippen LogP contribution in [0.4, 0.5) is 0 Å². The van der Waals surface area contributed by atoms with Crippen molar-refractivity contribution in [1.82, 2.24) is 4.90 Å². The van der Waals surface area contributed by atoms with Gasteiger partial charge in [0, 0.05) is 18.2 Å². The van der Waals surface area contributed by atoms with Gasteiger partial charge in [0.05, 0.1) is 19.3 Å². The van der Waals surface area contributed by atoms with E-state index in [0.29, 0.717) is 12.6 Å². The minimum Gasteiger partial charge on any atom is -0.493 e. The van der Waals surface area contributed by atoms with Crippen LogP contribution in [-0.2, 0) is 4.74 Å². The molecule has 1 saturated heterocycles. The van der Waals surface area contributed by atoms with E-state index in [2.05, 4.69) is 18.7 Å². The molecular formula is C15H23NO3. The second-order valence-electron chi connectivity index (χ2n) is 5.05. The van der Waals surface area contributed by atoms with Crippen molar-refractivity contribution in [2.75, 3.05) is 19.8 Å². The summed E-state index contributed by atoms with van der Waals surface area (Å²) in [5.74, 6) is 0.860. The number of benzene rings is 1. The molecule has 1 aliphatic heterocycles. The van der Waals surface area contributed by atoms with Crippen molar-refractivity contribution in [1.29, 1.82) is 0 Å². The highest BCUT2D eigenvalue weighted by molar-refractivity contribution is 5.35. The predicted molar refractivity (Wildman–Crippen MR) is 74.2 cm³/mol. The number of aliphatic hydroxyl groups excluding tert-OH is 1. The highest BCUT2D eigenvalue weighted by Crippen LogP contribution is 2.36. The van der Waals surface area contributed by atoms with E-state index < -0.39 is 0 Å². The van der Waals surface area contributed by atoms with Crippen LogP contribution in [0.15, 0.2) is 24.3 Å². The van der Waals surface area contributed by atoms with Crippen molar-refractivity contribution in [2.24, 2.45) is 0 Å². The summed E-state index contributed by atoms with van der Waals surface area (Å²) in [4.78, 5) is 2.25. The van der Waals surface area contributed by atoms with Gasteiger partial charge in [-0.25, -0.2) is 0 Å². The Balaban J connectivity index is 2.28. The summed E-state index contributed by atoms with van der Waals surface area (Å²) in [5.41, 5.74) is 1.04. The van der Waals surface area contributed by atoms with E-state index in [1.807, 2.05) is 31.2 Å². The average Bonchev–Trinajstić information content (AvgIpc) is 2.84. The molecule has 1 heterocycles. The third-order valence-corrected chi connectivity index (χ3v) is 3.39. The normalized spacial score (nSPS) is 24.1. The molecule has 1 aromatic carbocycles. The summed E-state index contributed by atoms with van der Waals surface area (Å²) in [7, 11) is 0. The molecule has 1 fully saturated rings. The van der Waals surface area contributed by atoms with Crippen LogP contribution in [0.25, 0.3) is 0 Å². The van der Waals surface area contributed by atoms with Gasteiger partial charge in [-0.1, -0.05) is 18.2 Å². The molecule has 2 atom stereocenters. The van der Waals surface area contributed by atoms with Gasteiger partial charge in [0.15, 0.2) is 0 Å². The summed E-state index contributed by atoms with van der Waals surface area (Å²) in [6.07, 6.45) is -0.262. The van der Waals surface area contributed by atoms with Crippen LogP contribution in [0.1, 0.15) is 32.6 Å². The van der Waals surface area contributed by atoms with Crippen LogP contribution in [-0.4, -0.2) is 41.9 Å². The predicted octanol–water partition coefficient (Wildman–Crippen LogP) is 2.19. The third-order valence-electron chi connectivity index (χ3n) is 3.39. The van der Waals surface area contributed by atoms with E-state index in [9.17, 15) is 5.11 Å². The van der Waals surface area contributed by atoms with Crippen molar-refractivity contribution in [3.63, 3.8) is 0 Å². The van der Waals surface area contributed by atoms with Crippen molar-refractivity contribution in [2.45, 2.75) is 39.1 Å². The Labute approximate surface area is 114 Å². The van der Waals surface area contributed by atoms with Gasteiger partial charge in [-0.2, -0.15) is 0 Å². The minimum atomic E-state index is -0.139. The average molecular weight is 265 g/mol. The molecule has 106 valence electrons. The van der Waals surface area contributed by atoms with Gasteiger partial charge in [-0.15, -0.1) is 0 Å². The monoisotopic (exact) mass is 265 g/mol. The zero-order valence-electron chi connectivity index (χ0n) is 11.9. The van der Waals surface area contributed by atoms with E-state index in [-0.39, 0.29) is 18.9 Å². The van der Waals surface area contributed by atoms with Gasteiger partial charge in [-0.05, 0) is 26.8 Å². The number of para-hydroxylation sites is 1. The van der Waals surface area contributed by atoms with Gasteiger partial charge in [0.1, 0.15) is 12.0 Å². The van der Waals surface area contributed by atoms with Crippen molar-refractivity contribution < 1.29 is 14.6 Å². The number of ether oxygens (including phenoxy) is 2. The van der Waals surface area contributed by atoms with Crippen LogP contribution in [0.3, 0.4) is 0 Å². The fraction of sp³-hybridized carbons (Fsp3) is 0.600. The molecule has 0 saturated carbocycles. The van der Waals surface area contributed by atoms with Crippen LogP contribution in [0.2, 0.25) is 0 Å². The SMILES string of the molecule is CCOc1ccccc1C1OC(CO)CN1C(C)C. The number of hydrogen-bond donors (Lipinski definition) is 1. The summed E-state index contributed by atoms with van der Waals surface area (Å²) < 4.78 is 11.6. The lowest BCUT2D eigenvalue weighted by Gasteiger charge is -2.27. The molecule has 2 unspecified atom stereocenters. The zero-order chi connectivity index (χ0) is 13.8. The molecule has 4 heteroatoms. The maximum Gasteiger partial charge on any atom is 0.141 e. The van der Waals surface area contributed by atoms with E-state index in [1.165, 1.54) is 0 Å². The Hall–Kier alpha value is -1.10. The van der Waals surface area contributed by atoms with E-state index >= 15 is 0 Å².